The first kappa shape index (κ1) is 28.0. The fourth-order valence-corrected chi connectivity index (χ4v) is 4.00. The molecule has 0 amide bonds. The molecule has 31 heavy (non-hydrogen) atoms. The number of ether oxygens (including phenoxy) is 1. The van der Waals surface area contributed by atoms with Crippen molar-refractivity contribution in [2.45, 2.75) is 82.4 Å². The van der Waals surface area contributed by atoms with Gasteiger partial charge in [0.2, 0.25) is 0 Å². The van der Waals surface area contributed by atoms with Gasteiger partial charge in [0.25, 0.3) is 10.1 Å². The minimum absolute atomic E-state index is 0. The van der Waals surface area contributed by atoms with Gasteiger partial charge in [-0.15, -0.1) is 5.75 Å². The van der Waals surface area contributed by atoms with E-state index in [0.29, 0.717) is 17.7 Å². The molecule has 0 heterocycles. The Kier molecular flexibility index (Phi) is 13.5. The van der Waals surface area contributed by atoms with E-state index >= 15 is 0 Å². The summed E-state index contributed by atoms with van der Waals surface area (Å²) in [4.78, 5) is -0.440. The van der Waals surface area contributed by atoms with Crippen LogP contribution >= 0.6 is 0 Å². The third kappa shape index (κ3) is 10.4. The van der Waals surface area contributed by atoms with Crippen molar-refractivity contribution in [3.05, 3.63) is 48.0 Å². The number of hydrogen-bond acceptors (Lipinski definition) is 4. The van der Waals surface area contributed by atoms with Gasteiger partial charge in [-0.25, -0.2) is 0 Å². The third-order valence-electron chi connectivity index (χ3n) is 5.19. The summed E-state index contributed by atoms with van der Waals surface area (Å²) in [6, 6.07) is 11.1. The zero-order valence-corrected chi connectivity index (χ0v) is 21.6. The van der Waals surface area contributed by atoms with Gasteiger partial charge in [0.1, 0.15) is 11.5 Å². The summed E-state index contributed by atoms with van der Waals surface area (Å²) < 4.78 is 38.1. The molecule has 0 bridgehead atoms. The predicted octanol–water partition coefficient (Wildman–Crippen LogP) is 3.27. The summed E-state index contributed by atoms with van der Waals surface area (Å²) in [5.41, 5.74) is 0.450. The van der Waals surface area contributed by atoms with Crippen molar-refractivity contribution in [1.82, 2.24) is 0 Å². The normalized spacial score (nSPS) is 11.2. The van der Waals surface area contributed by atoms with Crippen LogP contribution in [0.5, 0.6) is 17.2 Å². The molecule has 166 valence electrons. The number of benzene rings is 2. The van der Waals surface area contributed by atoms with Gasteiger partial charge in [-0.2, -0.15) is 8.42 Å². The van der Waals surface area contributed by atoms with Crippen molar-refractivity contribution in [3.8, 4) is 17.2 Å². The molecule has 0 aromatic heterocycles. The van der Waals surface area contributed by atoms with Crippen LogP contribution in [0, 0.1) is 0 Å². The van der Waals surface area contributed by atoms with Crippen LogP contribution in [0.2, 0.25) is 0 Å². The van der Waals surface area contributed by atoms with E-state index in [-0.39, 0.29) is 35.3 Å². The Hall–Kier alpha value is -1.05. The molecule has 1 N–H and O–H groups in total. The standard InChI is InChI=1S/C24H34O5S.Na/c1-2-3-4-5-6-7-8-9-10-14-17-22-23(25)18-21(30(26,27)28)19-24(22)29-20-15-12-11-13-16-20;/h11-13,15-16,18-19,25H,2-10,14,17H2,1H3,(H,26,27,28);/q;+1/p-1. The van der Waals surface area contributed by atoms with E-state index in [2.05, 4.69) is 6.92 Å². The Morgan fingerprint density at radius 3 is 1.97 bits per heavy atom. The summed E-state index contributed by atoms with van der Waals surface area (Å²) in [7, 11) is -4.48. The maximum atomic E-state index is 12.5. The largest absolute Gasteiger partial charge is 1.00 e. The summed E-state index contributed by atoms with van der Waals surface area (Å²) in [6.45, 7) is 2.22. The number of rotatable bonds is 14. The molecular weight excluding hydrogens is 423 g/mol. The van der Waals surface area contributed by atoms with Gasteiger partial charge < -0.3 is 9.84 Å². The summed E-state index contributed by atoms with van der Waals surface area (Å²) >= 11 is 0. The average molecular weight is 457 g/mol. The van der Waals surface area contributed by atoms with E-state index in [1.165, 1.54) is 51.0 Å². The summed E-state index contributed by atoms with van der Waals surface area (Å²) in [5.74, 6) is 0.276. The van der Waals surface area contributed by atoms with Crippen molar-refractivity contribution in [2.75, 3.05) is 0 Å². The van der Waals surface area contributed by atoms with Crippen molar-refractivity contribution < 1.29 is 52.4 Å². The number of hydrogen-bond donors (Lipinski definition) is 1. The van der Waals surface area contributed by atoms with Crippen molar-refractivity contribution >= 4 is 10.1 Å². The molecule has 0 radical (unpaired) electrons. The van der Waals surface area contributed by atoms with E-state index in [1.54, 1.807) is 24.3 Å². The first-order valence-corrected chi connectivity index (χ1v) is 12.4. The van der Waals surface area contributed by atoms with Crippen molar-refractivity contribution in [3.63, 3.8) is 0 Å². The second-order valence-corrected chi connectivity index (χ2v) is 9.14. The van der Waals surface area contributed by atoms with Gasteiger partial charge in [-0.1, -0.05) is 82.9 Å². The molecule has 0 atom stereocenters. The number of para-hydroxylation sites is 1. The van der Waals surface area contributed by atoms with Crippen LogP contribution in [-0.2, 0) is 16.5 Å². The molecule has 0 aliphatic heterocycles. The van der Waals surface area contributed by atoms with Crippen molar-refractivity contribution in [2.24, 2.45) is 0 Å². The van der Waals surface area contributed by atoms with Crippen LogP contribution in [-0.4, -0.2) is 13.0 Å². The molecule has 2 aromatic carbocycles. The van der Waals surface area contributed by atoms with Gasteiger partial charge in [-0.3, -0.25) is 4.55 Å². The van der Waals surface area contributed by atoms with E-state index < -0.39 is 20.8 Å². The second-order valence-electron chi connectivity index (χ2n) is 7.72. The minimum atomic E-state index is -4.48. The zero-order chi connectivity index (χ0) is 21.8. The van der Waals surface area contributed by atoms with Crippen LogP contribution in [0.3, 0.4) is 0 Å². The van der Waals surface area contributed by atoms with E-state index in [1.807, 2.05) is 6.07 Å². The molecule has 2 aromatic rings. The van der Waals surface area contributed by atoms with Crippen LogP contribution < -0.4 is 39.4 Å². The van der Waals surface area contributed by atoms with Gasteiger partial charge >= 0.3 is 29.6 Å². The molecule has 0 spiro atoms. The first-order chi connectivity index (χ1) is 14.4. The Labute approximate surface area is 209 Å². The maximum Gasteiger partial charge on any atom is 1.00 e. The van der Waals surface area contributed by atoms with Crippen LogP contribution in [0.4, 0.5) is 0 Å². The Morgan fingerprint density at radius 2 is 1.42 bits per heavy atom. The molecular formula is C24H33NaO5S. The molecule has 0 saturated carbocycles. The van der Waals surface area contributed by atoms with E-state index in [4.69, 9.17) is 4.74 Å². The van der Waals surface area contributed by atoms with Crippen LogP contribution in [0.1, 0.15) is 76.7 Å². The van der Waals surface area contributed by atoms with Crippen LogP contribution in [0.25, 0.3) is 0 Å². The summed E-state index contributed by atoms with van der Waals surface area (Å²) in [6.07, 6.45) is 12.5. The molecule has 5 nitrogen and oxygen atoms in total. The molecule has 0 fully saturated rings. The van der Waals surface area contributed by atoms with Gasteiger partial charge in [-0.05, 0) is 36.6 Å². The first-order valence-electron chi connectivity index (χ1n) is 11.0. The fraction of sp³-hybridized carbons (Fsp3) is 0.500. The summed E-state index contributed by atoms with van der Waals surface area (Å²) in [5, 5.41) is 12.5. The van der Waals surface area contributed by atoms with Gasteiger partial charge in [0.05, 0.1) is 4.90 Å². The number of unbranched alkanes of at least 4 members (excludes halogenated alkanes) is 9. The molecule has 0 unspecified atom stereocenters. The van der Waals surface area contributed by atoms with Gasteiger partial charge in [0, 0.05) is 6.07 Å². The Morgan fingerprint density at radius 1 is 0.871 bits per heavy atom. The fourth-order valence-electron chi connectivity index (χ4n) is 3.49. The maximum absolute atomic E-state index is 12.5. The van der Waals surface area contributed by atoms with Crippen LogP contribution in [0.15, 0.2) is 47.4 Å². The topological polar surface area (TPSA) is 86.7 Å². The Bertz CT molecular complexity index is 869. The molecule has 7 heteroatoms. The quantitative estimate of drug-likeness (QED) is 0.268. The molecule has 0 saturated heterocycles. The molecule has 2 rings (SSSR count). The van der Waals surface area contributed by atoms with E-state index in [0.717, 1.165) is 25.3 Å². The molecule has 0 aliphatic carbocycles. The van der Waals surface area contributed by atoms with E-state index in [9.17, 15) is 18.1 Å². The monoisotopic (exact) mass is 456 g/mol. The SMILES string of the molecule is CCCCCCCCCCCCc1c([O-])cc(S(=O)(=O)O)cc1Oc1ccccc1.[Na+]. The smallest absolute Gasteiger partial charge is 0.872 e. The van der Waals surface area contributed by atoms with Gasteiger partial charge in [0.15, 0.2) is 0 Å². The third-order valence-corrected chi connectivity index (χ3v) is 6.02. The molecule has 0 aliphatic rings. The predicted molar refractivity (Wildman–Crippen MR) is 118 cm³/mol. The minimum Gasteiger partial charge on any atom is -0.872 e. The zero-order valence-electron chi connectivity index (χ0n) is 18.8. The second kappa shape index (κ2) is 14.9. The van der Waals surface area contributed by atoms with Crippen molar-refractivity contribution in [1.29, 1.82) is 0 Å². The average Bonchev–Trinajstić information content (AvgIpc) is 2.71. The Balaban J connectivity index is 0.00000480.